The average molecular weight is 261 g/mol. The van der Waals surface area contributed by atoms with E-state index in [9.17, 15) is 14.4 Å². The monoisotopic (exact) mass is 261 g/mol. The minimum absolute atomic E-state index is 0.172. The first-order chi connectivity index (χ1) is 8.90. The Labute approximate surface area is 109 Å². The van der Waals surface area contributed by atoms with Gasteiger partial charge in [-0.15, -0.1) is 0 Å². The van der Waals surface area contributed by atoms with Crippen LogP contribution in [0.1, 0.15) is 32.8 Å². The predicted molar refractivity (Wildman–Crippen MR) is 70.0 cm³/mol. The van der Waals surface area contributed by atoms with Crippen molar-refractivity contribution in [3.05, 3.63) is 45.0 Å². The summed E-state index contributed by atoms with van der Waals surface area (Å²) in [6.45, 7) is 0. The molecule has 0 atom stereocenters. The van der Waals surface area contributed by atoms with Crippen molar-refractivity contribution in [2.45, 2.75) is 12.8 Å². The summed E-state index contributed by atoms with van der Waals surface area (Å²) in [5, 5.41) is 0. The zero-order chi connectivity index (χ0) is 14.2. The molecule has 1 aliphatic carbocycles. The first kappa shape index (κ1) is 13.1. The number of primary amides is 1. The van der Waals surface area contributed by atoms with E-state index < -0.39 is 11.5 Å². The Balaban J connectivity index is 2.55. The Bertz CT molecular complexity index is 641. The second-order valence-electron chi connectivity index (χ2n) is 4.72. The number of aromatic amines is 1. The summed E-state index contributed by atoms with van der Waals surface area (Å²) in [5.74, 6) is -1.01. The lowest BCUT2D eigenvalue weighted by Crippen LogP contribution is -2.28. The normalized spacial score (nSPS) is 16.3. The Kier molecular flexibility index (Phi) is 3.25. The maximum absolute atomic E-state index is 12.3. The van der Waals surface area contributed by atoms with Crippen LogP contribution in [0, 0.1) is 0 Å². The highest BCUT2D eigenvalue weighted by atomic mass is 16.2. The molecule has 0 aromatic carbocycles. The van der Waals surface area contributed by atoms with E-state index in [4.69, 9.17) is 5.73 Å². The minimum Gasteiger partial charge on any atom is -0.383 e. The molecule has 1 aromatic rings. The van der Waals surface area contributed by atoms with Crippen LogP contribution < -0.4 is 11.3 Å². The van der Waals surface area contributed by atoms with Crippen LogP contribution in [-0.4, -0.2) is 35.7 Å². The van der Waals surface area contributed by atoms with Crippen molar-refractivity contribution in [3.8, 4) is 0 Å². The molecule has 0 fully saturated rings. The molecule has 6 nitrogen and oxygen atoms in total. The number of ketones is 1. The van der Waals surface area contributed by atoms with Gasteiger partial charge < -0.3 is 15.6 Å². The average Bonchev–Trinajstić information content (AvgIpc) is 2.31. The number of nitrogens with zero attached hydrogens (tertiary/aromatic N) is 1. The quantitative estimate of drug-likeness (QED) is 0.735. The summed E-state index contributed by atoms with van der Waals surface area (Å²) in [6.07, 6.45) is 2.88. The largest absolute Gasteiger partial charge is 0.383 e. The molecule has 2 rings (SSSR count). The molecule has 0 aliphatic heterocycles. The predicted octanol–water partition coefficient (Wildman–Crippen LogP) is 0.0482. The van der Waals surface area contributed by atoms with Crippen molar-refractivity contribution < 1.29 is 9.59 Å². The number of nitrogens with two attached hydrogens (primary N) is 1. The van der Waals surface area contributed by atoms with Crippen LogP contribution in [0.15, 0.2) is 22.6 Å². The van der Waals surface area contributed by atoms with E-state index >= 15 is 0 Å². The van der Waals surface area contributed by atoms with E-state index in [-0.39, 0.29) is 11.3 Å². The molecule has 100 valence electrons. The van der Waals surface area contributed by atoms with Crippen molar-refractivity contribution in [1.29, 1.82) is 0 Å². The van der Waals surface area contributed by atoms with Crippen molar-refractivity contribution in [2.75, 3.05) is 14.1 Å². The lowest BCUT2D eigenvalue weighted by atomic mass is 9.89. The van der Waals surface area contributed by atoms with Crippen LogP contribution in [0.3, 0.4) is 0 Å². The fourth-order valence-corrected chi connectivity index (χ4v) is 2.13. The number of hydrogen-bond donors (Lipinski definition) is 2. The summed E-state index contributed by atoms with van der Waals surface area (Å²) in [4.78, 5) is 39.4. The van der Waals surface area contributed by atoms with E-state index in [1.807, 2.05) is 14.1 Å². The summed E-state index contributed by atoms with van der Waals surface area (Å²) in [5.41, 5.74) is 5.96. The van der Waals surface area contributed by atoms with Gasteiger partial charge in [0.25, 0.3) is 11.5 Å². The second-order valence-corrected chi connectivity index (χ2v) is 4.72. The number of fused-ring (bicyclic) bond motifs is 1. The first-order valence-corrected chi connectivity index (χ1v) is 5.88. The third-order valence-corrected chi connectivity index (χ3v) is 2.98. The van der Waals surface area contributed by atoms with Gasteiger partial charge in [-0.3, -0.25) is 14.4 Å². The Morgan fingerprint density at radius 1 is 1.37 bits per heavy atom. The SMILES string of the molecule is CN(C)C=C1CCc2[nH]c(=O)c(C(N)=O)cc2C1=O. The lowest BCUT2D eigenvalue weighted by molar-refractivity contribution is 0.0999. The number of pyridine rings is 1. The van der Waals surface area contributed by atoms with E-state index in [2.05, 4.69) is 4.98 Å². The van der Waals surface area contributed by atoms with E-state index in [0.29, 0.717) is 29.7 Å². The fraction of sp³-hybridized carbons (Fsp3) is 0.308. The van der Waals surface area contributed by atoms with Crippen LogP contribution in [0.2, 0.25) is 0 Å². The highest BCUT2D eigenvalue weighted by Gasteiger charge is 2.25. The van der Waals surface area contributed by atoms with E-state index in [1.165, 1.54) is 6.07 Å². The number of aromatic nitrogens is 1. The number of H-pyrrole nitrogens is 1. The van der Waals surface area contributed by atoms with Crippen LogP contribution in [0.5, 0.6) is 0 Å². The number of Topliss-reactive ketones (excluding diaryl/α,β-unsaturated/α-hetero) is 1. The highest BCUT2D eigenvalue weighted by Crippen LogP contribution is 2.23. The van der Waals surface area contributed by atoms with Crippen molar-refractivity contribution in [1.82, 2.24) is 9.88 Å². The van der Waals surface area contributed by atoms with Gasteiger partial charge in [0.2, 0.25) is 0 Å². The van der Waals surface area contributed by atoms with Crippen molar-refractivity contribution in [2.24, 2.45) is 5.73 Å². The summed E-state index contributed by atoms with van der Waals surface area (Å²) >= 11 is 0. The number of nitrogens with one attached hydrogen (secondary N) is 1. The minimum atomic E-state index is -0.833. The first-order valence-electron chi connectivity index (χ1n) is 5.88. The topological polar surface area (TPSA) is 96.3 Å². The number of allylic oxidation sites excluding steroid dienone is 1. The maximum Gasteiger partial charge on any atom is 0.261 e. The van der Waals surface area contributed by atoms with Gasteiger partial charge in [0, 0.05) is 37.1 Å². The van der Waals surface area contributed by atoms with Crippen molar-refractivity contribution >= 4 is 11.7 Å². The van der Waals surface area contributed by atoms with Gasteiger partial charge in [0.05, 0.1) is 0 Å². The number of amides is 1. The lowest BCUT2D eigenvalue weighted by Gasteiger charge is -2.19. The number of rotatable bonds is 2. The molecule has 6 heteroatoms. The zero-order valence-electron chi connectivity index (χ0n) is 10.8. The van der Waals surface area contributed by atoms with Crippen LogP contribution >= 0.6 is 0 Å². The molecular weight excluding hydrogens is 246 g/mol. The summed E-state index contributed by atoms with van der Waals surface area (Å²) in [7, 11) is 3.66. The molecule has 19 heavy (non-hydrogen) atoms. The molecule has 0 spiro atoms. The van der Waals surface area contributed by atoms with E-state index in [1.54, 1.807) is 11.1 Å². The zero-order valence-corrected chi connectivity index (χ0v) is 10.8. The molecular formula is C13H15N3O3. The highest BCUT2D eigenvalue weighted by molar-refractivity contribution is 6.11. The van der Waals surface area contributed by atoms with Gasteiger partial charge in [-0.1, -0.05) is 0 Å². The molecule has 0 radical (unpaired) electrons. The van der Waals surface area contributed by atoms with Gasteiger partial charge in [0.1, 0.15) is 5.56 Å². The van der Waals surface area contributed by atoms with Gasteiger partial charge in [-0.05, 0) is 18.9 Å². The molecule has 1 amide bonds. The third kappa shape index (κ3) is 2.42. The molecule has 1 aromatic heterocycles. The number of hydrogen-bond acceptors (Lipinski definition) is 4. The number of carbonyl (C=O) groups is 2. The standard InChI is InChI=1S/C13H15N3O3/c1-16(2)6-7-3-4-10-8(11(7)17)5-9(12(14)18)13(19)15-10/h5-6H,3-4H2,1-2H3,(H2,14,18)(H,15,19). The number of aryl methyl sites for hydroxylation is 1. The van der Waals surface area contributed by atoms with Crippen LogP contribution in [0.25, 0.3) is 0 Å². The molecule has 0 saturated carbocycles. The summed E-state index contributed by atoms with van der Waals surface area (Å²) in [6, 6.07) is 1.29. The van der Waals surface area contributed by atoms with Gasteiger partial charge in [-0.25, -0.2) is 0 Å². The van der Waals surface area contributed by atoms with Crippen LogP contribution in [0.4, 0.5) is 0 Å². The van der Waals surface area contributed by atoms with Gasteiger partial charge in [-0.2, -0.15) is 0 Å². The molecule has 1 aliphatic rings. The summed E-state index contributed by atoms with van der Waals surface area (Å²) < 4.78 is 0. The van der Waals surface area contributed by atoms with E-state index in [0.717, 1.165) is 0 Å². The fourth-order valence-electron chi connectivity index (χ4n) is 2.13. The Hall–Kier alpha value is -2.37. The molecule has 1 heterocycles. The van der Waals surface area contributed by atoms with Crippen LogP contribution in [-0.2, 0) is 6.42 Å². The van der Waals surface area contributed by atoms with Gasteiger partial charge in [0.15, 0.2) is 5.78 Å². The van der Waals surface area contributed by atoms with Gasteiger partial charge >= 0.3 is 0 Å². The molecule has 0 saturated heterocycles. The third-order valence-electron chi connectivity index (χ3n) is 2.98. The molecule has 0 bridgehead atoms. The second kappa shape index (κ2) is 4.72. The maximum atomic E-state index is 12.3. The Morgan fingerprint density at radius 2 is 2.05 bits per heavy atom. The van der Waals surface area contributed by atoms with Crippen molar-refractivity contribution in [3.63, 3.8) is 0 Å². The molecule has 0 unspecified atom stereocenters. The number of carbonyl (C=O) groups excluding carboxylic acids is 2. The Morgan fingerprint density at radius 3 is 2.63 bits per heavy atom. The smallest absolute Gasteiger partial charge is 0.261 e. The molecule has 3 N–H and O–H groups in total.